The summed E-state index contributed by atoms with van der Waals surface area (Å²) in [5, 5.41) is 4.85. The van der Waals surface area contributed by atoms with Gasteiger partial charge in [-0.15, -0.1) is 5.10 Å². The van der Waals surface area contributed by atoms with Crippen LogP contribution in [0.25, 0.3) is 17.0 Å². The molecule has 1 aliphatic rings. The van der Waals surface area contributed by atoms with Gasteiger partial charge in [-0.3, -0.25) is 4.72 Å². The molecule has 0 aliphatic carbocycles. The second kappa shape index (κ2) is 8.43. The first-order valence-electron chi connectivity index (χ1n) is 10.7. The summed E-state index contributed by atoms with van der Waals surface area (Å²) in [5.41, 5.74) is 2.77. The van der Waals surface area contributed by atoms with Crippen molar-refractivity contribution in [2.24, 2.45) is 0 Å². The Morgan fingerprint density at radius 3 is 2.76 bits per heavy atom. The molecule has 0 bridgehead atoms. The smallest absolute Gasteiger partial charge is 0.230 e. The summed E-state index contributed by atoms with van der Waals surface area (Å²) >= 11 is 0. The first-order valence-corrected chi connectivity index (χ1v) is 12.6. The van der Waals surface area contributed by atoms with Crippen molar-refractivity contribution in [1.82, 2.24) is 19.6 Å². The number of nitrogens with one attached hydrogen (secondary N) is 1. The van der Waals surface area contributed by atoms with Gasteiger partial charge in [0.15, 0.2) is 5.65 Å². The van der Waals surface area contributed by atoms with E-state index in [1.54, 1.807) is 41.0 Å². The van der Waals surface area contributed by atoms with E-state index in [2.05, 4.69) is 19.6 Å². The highest BCUT2D eigenvalue weighted by molar-refractivity contribution is 7.92. The number of nitrogens with zero attached hydrogens (tertiary/aromatic N) is 5. The van der Waals surface area contributed by atoms with Crippen LogP contribution in [0.2, 0.25) is 0 Å². The third-order valence-corrected chi connectivity index (χ3v) is 6.26. The number of halogens is 1. The zero-order valence-corrected chi connectivity index (χ0v) is 18.8. The van der Waals surface area contributed by atoms with Crippen LogP contribution in [-0.4, -0.2) is 40.8 Å². The van der Waals surface area contributed by atoms with Gasteiger partial charge in [-0.2, -0.15) is 0 Å². The standard InChI is InChI=1S/C23H23FN6O2S/c1-33(31,32)28-21-10-5-8-18(26-21)20-15-25-22-11-12-23(27-30(20)22)29-13-3-2-9-19(29)16-6-4-7-17(24)14-16/h4-8,10-12,14-15,19H,2-3,9,13H2,1H3,(H,26,28). The Kier molecular flexibility index (Phi) is 5.45. The van der Waals surface area contributed by atoms with E-state index in [-0.39, 0.29) is 17.7 Å². The van der Waals surface area contributed by atoms with E-state index in [4.69, 9.17) is 5.10 Å². The molecule has 4 aromatic rings. The van der Waals surface area contributed by atoms with E-state index < -0.39 is 10.0 Å². The first kappa shape index (κ1) is 21.3. The lowest BCUT2D eigenvalue weighted by Gasteiger charge is -2.37. The maximum Gasteiger partial charge on any atom is 0.230 e. The van der Waals surface area contributed by atoms with Crippen molar-refractivity contribution in [2.75, 3.05) is 22.4 Å². The molecule has 170 valence electrons. The Morgan fingerprint density at radius 2 is 1.94 bits per heavy atom. The highest BCUT2D eigenvalue weighted by Crippen LogP contribution is 2.34. The molecule has 1 atom stereocenters. The van der Waals surface area contributed by atoms with Gasteiger partial charge in [-0.25, -0.2) is 27.3 Å². The number of sulfonamides is 1. The van der Waals surface area contributed by atoms with E-state index in [9.17, 15) is 12.8 Å². The first-order chi connectivity index (χ1) is 15.9. The van der Waals surface area contributed by atoms with Crippen molar-refractivity contribution in [1.29, 1.82) is 0 Å². The van der Waals surface area contributed by atoms with Gasteiger partial charge in [0, 0.05) is 6.54 Å². The van der Waals surface area contributed by atoms with Crippen molar-refractivity contribution >= 4 is 27.3 Å². The Morgan fingerprint density at radius 1 is 1.09 bits per heavy atom. The fourth-order valence-electron chi connectivity index (χ4n) is 4.28. The lowest BCUT2D eigenvalue weighted by molar-refractivity contribution is 0.465. The molecule has 10 heteroatoms. The van der Waals surface area contributed by atoms with Crippen LogP contribution in [0.5, 0.6) is 0 Å². The van der Waals surface area contributed by atoms with E-state index in [0.717, 1.165) is 43.4 Å². The maximum atomic E-state index is 13.9. The largest absolute Gasteiger partial charge is 0.348 e. The SMILES string of the molecule is CS(=O)(=O)Nc1cccc(-c2cnc3ccc(N4CCCCC4c4cccc(F)c4)nn23)n1. The molecule has 1 saturated heterocycles. The normalized spacial score (nSPS) is 16.8. The molecule has 1 N–H and O–H groups in total. The van der Waals surface area contributed by atoms with E-state index >= 15 is 0 Å². The van der Waals surface area contributed by atoms with Crippen molar-refractivity contribution in [2.45, 2.75) is 25.3 Å². The highest BCUT2D eigenvalue weighted by Gasteiger charge is 2.26. The number of hydrogen-bond acceptors (Lipinski definition) is 6. The topological polar surface area (TPSA) is 92.5 Å². The Labute approximate surface area is 191 Å². The zero-order chi connectivity index (χ0) is 23.0. The van der Waals surface area contributed by atoms with Gasteiger partial charge in [0.1, 0.15) is 23.1 Å². The molecule has 4 heterocycles. The number of fused-ring (bicyclic) bond motifs is 1. The zero-order valence-electron chi connectivity index (χ0n) is 18.0. The third kappa shape index (κ3) is 4.51. The molecular weight excluding hydrogens is 443 g/mol. The van der Waals surface area contributed by atoms with Gasteiger partial charge in [0.2, 0.25) is 10.0 Å². The average molecular weight is 467 g/mol. The summed E-state index contributed by atoms with van der Waals surface area (Å²) in [6.45, 7) is 0.815. The van der Waals surface area contributed by atoms with Crippen molar-refractivity contribution in [3.63, 3.8) is 0 Å². The summed E-state index contributed by atoms with van der Waals surface area (Å²) in [6.07, 6.45) is 5.76. The summed E-state index contributed by atoms with van der Waals surface area (Å²) in [4.78, 5) is 11.1. The summed E-state index contributed by atoms with van der Waals surface area (Å²) < 4.78 is 41.2. The van der Waals surface area contributed by atoms with Crippen molar-refractivity contribution in [3.8, 4) is 11.4 Å². The molecule has 8 nitrogen and oxygen atoms in total. The molecule has 0 radical (unpaired) electrons. The van der Waals surface area contributed by atoms with Gasteiger partial charge in [-0.05, 0) is 61.2 Å². The van der Waals surface area contributed by atoms with E-state index in [1.807, 2.05) is 18.2 Å². The Balaban J connectivity index is 1.54. The Bertz CT molecular complexity index is 1420. The molecule has 1 fully saturated rings. The number of anilines is 2. The molecule has 3 aromatic heterocycles. The third-order valence-electron chi connectivity index (χ3n) is 5.68. The summed E-state index contributed by atoms with van der Waals surface area (Å²) in [6, 6.07) is 15.7. The van der Waals surface area contributed by atoms with Crippen LogP contribution in [0, 0.1) is 5.82 Å². The monoisotopic (exact) mass is 466 g/mol. The van der Waals surface area contributed by atoms with Crippen LogP contribution in [0.15, 0.2) is 60.8 Å². The minimum atomic E-state index is -3.45. The molecule has 0 amide bonds. The van der Waals surface area contributed by atoms with Gasteiger partial charge >= 0.3 is 0 Å². The number of benzene rings is 1. The molecule has 1 aromatic carbocycles. The molecular formula is C23H23FN6O2S. The number of imidazole rings is 1. The fourth-order valence-corrected chi connectivity index (χ4v) is 4.78. The van der Waals surface area contributed by atoms with Gasteiger partial charge in [0.05, 0.1) is 24.2 Å². The molecule has 1 aliphatic heterocycles. The van der Waals surface area contributed by atoms with Crippen LogP contribution in [0.1, 0.15) is 30.9 Å². The van der Waals surface area contributed by atoms with Gasteiger partial charge < -0.3 is 4.90 Å². The molecule has 5 rings (SSSR count). The van der Waals surface area contributed by atoms with Gasteiger partial charge in [-0.1, -0.05) is 18.2 Å². The molecule has 0 spiro atoms. The number of pyridine rings is 1. The fraction of sp³-hybridized carbons (Fsp3) is 0.261. The van der Waals surface area contributed by atoms with Crippen molar-refractivity contribution < 1.29 is 12.8 Å². The predicted octanol–water partition coefficient (Wildman–Crippen LogP) is 4.03. The Hall–Kier alpha value is -3.53. The minimum absolute atomic E-state index is 0.0341. The van der Waals surface area contributed by atoms with Gasteiger partial charge in [0.25, 0.3) is 0 Å². The van der Waals surface area contributed by atoms with Crippen molar-refractivity contribution in [3.05, 3.63) is 72.2 Å². The van der Waals surface area contributed by atoms with Crippen LogP contribution in [-0.2, 0) is 10.0 Å². The highest BCUT2D eigenvalue weighted by atomic mass is 32.2. The van der Waals surface area contributed by atoms with E-state index in [1.165, 1.54) is 6.07 Å². The number of piperidine rings is 1. The number of rotatable bonds is 5. The lowest BCUT2D eigenvalue weighted by atomic mass is 9.95. The molecule has 1 unspecified atom stereocenters. The quantitative estimate of drug-likeness (QED) is 0.477. The second-order valence-electron chi connectivity index (χ2n) is 8.15. The summed E-state index contributed by atoms with van der Waals surface area (Å²) in [5.74, 6) is 0.747. The summed E-state index contributed by atoms with van der Waals surface area (Å²) in [7, 11) is -3.45. The van der Waals surface area contributed by atoms with Crippen LogP contribution < -0.4 is 9.62 Å². The molecule has 0 saturated carbocycles. The number of aromatic nitrogens is 4. The maximum absolute atomic E-state index is 13.9. The predicted molar refractivity (Wildman–Crippen MR) is 125 cm³/mol. The van der Waals surface area contributed by atoms with E-state index in [0.29, 0.717) is 17.0 Å². The van der Waals surface area contributed by atoms with Crippen LogP contribution in [0.3, 0.4) is 0 Å². The lowest BCUT2D eigenvalue weighted by Crippen LogP contribution is -2.34. The average Bonchev–Trinajstić information content (AvgIpc) is 3.21. The molecule has 33 heavy (non-hydrogen) atoms. The van der Waals surface area contributed by atoms with Crippen LogP contribution in [0.4, 0.5) is 16.0 Å². The minimum Gasteiger partial charge on any atom is -0.348 e. The van der Waals surface area contributed by atoms with Crippen LogP contribution >= 0.6 is 0 Å². The number of hydrogen-bond donors (Lipinski definition) is 1. The second-order valence-corrected chi connectivity index (χ2v) is 9.90.